The molecule has 0 fully saturated rings. The highest BCUT2D eigenvalue weighted by Crippen LogP contribution is 2.32. The highest BCUT2D eigenvalue weighted by atomic mass is 16.7. The molecule has 2 aromatic carbocycles. The van der Waals surface area contributed by atoms with Crippen LogP contribution in [0.4, 0.5) is 0 Å². The summed E-state index contributed by atoms with van der Waals surface area (Å²) in [5.74, 6) is 1.06. The van der Waals surface area contributed by atoms with Gasteiger partial charge in [-0.15, -0.1) is 0 Å². The Morgan fingerprint density at radius 2 is 1.82 bits per heavy atom. The molecule has 8 heteroatoms. The molecule has 0 saturated heterocycles. The van der Waals surface area contributed by atoms with Crippen molar-refractivity contribution in [1.29, 1.82) is 0 Å². The molecular weight excluding hydrogens is 420 g/mol. The molecule has 168 valence electrons. The first-order chi connectivity index (χ1) is 16.0. The number of nitrogens with one attached hydrogen (secondary N) is 1. The normalized spacial score (nSPS) is 12.3. The summed E-state index contributed by atoms with van der Waals surface area (Å²) in [5.41, 5.74) is 3.62. The van der Waals surface area contributed by atoms with Gasteiger partial charge in [0.25, 0.3) is 5.56 Å². The van der Waals surface area contributed by atoms with Crippen LogP contribution in [0.1, 0.15) is 22.5 Å². The molecule has 33 heavy (non-hydrogen) atoms. The molecular formula is C25H24N4O4. The second kappa shape index (κ2) is 8.46. The van der Waals surface area contributed by atoms with Gasteiger partial charge in [-0.05, 0) is 37.1 Å². The SMILES string of the molecule is Cc1c2cnn(CC(=O)NCc3ccc4c(c3)OCO4)c(=O)c2c(C)n1Cc1ccccc1. The van der Waals surface area contributed by atoms with Crippen molar-refractivity contribution < 1.29 is 14.3 Å². The molecule has 8 nitrogen and oxygen atoms in total. The second-order valence-corrected chi connectivity index (χ2v) is 8.10. The van der Waals surface area contributed by atoms with Crippen molar-refractivity contribution in [3.05, 3.63) is 87.6 Å². The zero-order valence-electron chi connectivity index (χ0n) is 18.5. The molecule has 1 aliphatic heterocycles. The van der Waals surface area contributed by atoms with Crippen molar-refractivity contribution in [3.8, 4) is 11.5 Å². The van der Waals surface area contributed by atoms with E-state index >= 15 is 0 Å². The van der Waals surface area contributed by atoms with Crippen LogP contribution in [0.2, 0.25) is 0 Å². The zero-order valence-corrected chi connectivity index (χ0v) is 18.5. The topological polar surface area (TPSA) is 87.4 Å². The lowest BCUT2D eigenvalue weighted by atomic mass is 10.2. The van der Waals surface area contributed by atoms with E-state index < -0.39 is 0 Å². The van der Waals surface area contributed by atoms with Crippen LogP contribution in [-0.4, -0.2) is 27.0 Å². The number of amides is 1. The Bertz CT molecular complexity index is 1410. The van der Waals surface area contributed by atoms with Gasteiger partial charge in [-0.1, -0.05) is 36.4 Å². The van der Waals surface area contributed by atoms with E-state index in [9.17, 15) is 9.59 Å². The first-order valence-electron chi connectivity index (χ1n) is 10.8. The summed E-state index contributed by atoms with van der Waals surface area (Å²) in [5, 5.41) is 8.51. The average molecular weight is 444 g/mol. The predicted octanol–water partition coefficient (Wildman–Crippen LogP) is 2.91. The van der Waals surface area contributed by atoms with Gasteiger partial charge in [0.1, 0.15) is 6.54 Å². The van der Waals surface area contributed by atoms with E-state index in [1.54, 1.807) is 6.20 Å². The van der Waals surface area contributed by atoms with E-state index in [2.05, 4.69) is 27.1 Å². The van der Waals surface area contributed by atoms with E-state index in [-0.39, 0.29) is 24.8 Å². The van der Waals surface area contributed by atoms with Gasteiger partial charge in [0.2, 0.25) is 12.7 Å². The average Bonchev–Trinajstić information content (AvgIpc) is 3.38. The Morgan fingerprint density at radius 1 is 1.03 bits per heavy atom. The number of benzene rings is 2. The summed E-state index contributed by atoms with van der Waals surface area (Å²) in [6.45, 7) is 4.96. The van der Waals surface area contributed by atoms with Gasteiger partial charge in [0.05, 0.1) is 11.6 Å². The van der Waals surface area contributed by atoms with Crippen LogP contribution in [0.5, 0.6) is 11.5 Å². The number of aryl methyl sites for hydroxylation is 2. The Labute approximate surface area is 190 Å². The lowest BCUT2D eigenvalue weighted by molar-refractivity contribution is -0.122. The molecule has 0 saturated carbocycles. The number of ether oxygens (including phenoxy) is 2. The van der Waals surface area contributed by atoms with E-state index in [0.717, 1.165) is 27.9 Å². The van der Waals surface area contributed by atoms with Crippen LogP contribution < -0.4 is 20.3 Å². The van der Waals surface area contributed by atoms with Crippen molar-refractivity contribution in [2.75, 3.05) is 6.79 Å². The van der Waals surface area contributed by atoms with Gasteiger partial charge >= 0.3 is 0 Å². The molecule has 0 atom stereocenters. The Kier molecular flexibility index (Phi) is 5.34. The van der Waals surface area contributed by atoms with Gasteiger partial charge in [-0.2, -0.15) is 5.10 Å². The lowest BCUT2D eigenvalue weighted by Gasteiger charge is -2.09. The highest BCUT2D eigenvalue weighted by molar-refractivity contribution is 5.87. The van der Waals surface area contributed by atoms with Gasteiger partial charge in [-0.3, -0.25) is 9.59 Å². The Morgan fingerprint density at radius 3 is 2.64 bits per heavy atom. The van der Waals surface area contributed by atoms with Gasteiger partial charge in [0, 0.05) is 29.9 Å². The van der Waals surface area contributed by atoms with Gasteiger partial charge < -0.3 is 19.4 Å². The fraction of sp³-hybridized carbons (Fsp3) is 0.240. The molecule has 0 spiro atoms. The number of fused-ring (bicyclic) bond motifs is 2. The largest absolute Gasteiger partial charge is 0.454 e. The highest BCUT2D eigenvalue weighted by Gasteiger charge is 2.18. The molecule has 1 N–H and O–H groups in total. The number of nitrogens with zero attached hydrogens (tertiary/aromatic N) is 3. The summed E-state index contributed by atoms with van der Waals surface area (Å²) < 4.78 is 14.0. The third kappa shape index (κ3) is 3.95. The minimum atomic E-state index is -0.292. The maximum Gasteiger partial charge on any atom is 0.276 e. The van der Waals surface area contributed by atoms with Crippen molar-refractivity contribution in [2.24, 2.45) is 0 Å². The number of carbonyl (C=O) groups is 1. The van der Waals surface area contributed by atoms with Gasteiger partial charge in [-0.25, -0.2) is 4.68 Å². The molecule has 0 aliphatic carbocycles. The molecule has 3 heterocycles. The molecule has 5 rings (SSSR count). The number of hydrogen-bond donors (Lipinski definition) is 1. The minimum absolute atomic E-state index is 0.151. The van der Waals surface area contributed by atoms with Crippen molar-refractivity contribution in [3.63, 3.8) is 0 Å². The number of carbonyl (C=O) groups excluding carboxylic acids is 1. The molecule has 1 aliphatic rings. The summed E-state index contributed by atoms with van der Waals surface area (Å²) in [6, 6.07) is 15.6. The molecule has 2 aromatic heterocycles. The number of aromatic nitrogens is 3. The smallest absolute Gasteiger partial charge is 0.276 e. The maximum atomic E-state index is 13.2. The van der Waals surface area contributed by atoms with E-state index in [1.165, 1.54) is 4.68 Å². The van der Waals surface area contributed by atoms with Crippen molar-refractivity contribution in [2.45, 2.75) is 33.5 Å². The summed E-state index contributed by atoms with van der Waals surface area (Å²) in [6.07, 6.45) is 1.67. The van der Waals surface area contributed by atoms with Crippen LogP contribution in [0.25, 0.3) is 10.8 Å². The third-order valence-corrected chi connectivity index (χ3v) is 6.01. The van der Waals surface area contributed by atoms with E-state index in [1.807, 2.05) is 50.2 Å². The minimum Gasteiger partial charge on any atom is -0.454 e. The molecule has 1 amide bonds. The lowest BCUT2D eigenvalue weighted by Crippen LogP contribution is -2.33. The van der Waals surface area contributed by atoms with Crippen LogP contribution >= 0.6 is 0 Å². The predicted molar refractivity (Wildman–Crippen MR) is 123 cm³/mol. The quantitative estimate of drug-likeness (QED) is 0.494. The molecule has 0 radical (unpaired) electrons. The van der Waals surface area contributed by atoms with Crippen LogP contribution in [0, 0.1) is 13.8 Å². The summed E-state index contributed by atoms with van der Waals surface area (Å²) in [4.78, 5) is 25.7. The fourth-order valence-corrected chi connectivity index (χ4v) is 4.20. The Balaban J connectivity index is 1.34. The second-order valence-electron chi connectivity index (χ2n) is 8.10. The fourth-order valence-electron chi connectivity index (χ4n) is 4.20. The number of rotatable bonds is 6. The van der Waals surface area contributed by atoms with Crippen LogP contribution in [0.3, 0.4) is 0 Å². The molecule has 4 aromatic rings. The van der Waals surface area contributed by atoms with Crippen LogP contribution in [0.15, 0.2) is 59.5 Å². The van der Waals surface area contributed by atoms with Crippen molar-refractivity contribution >= 4 is 16.7 Å². The molecule has 0 bridgehead atoms. The third-order valence-electron chi connectivity index (χ3n) is 6.01. The first kappa shape index (κ1) is 20.8. The van der Waals surface area contributed by atoms with Crippen LogP contribution in [-0.2, 0) is 24.4 Å². The monoisotopic (exact) mass is 444 g/mol. The van der Waals surface area contributed by atoms with Gasteiger partial charge in [0.15, 0.2) is 11.5 Å². The summed E-state index contributed by atoms with van der Waals surface area (Å²) >= 11 is 0. The number of hydrogen-bond acceptors (Lipinski definition) is 5. The first-order valence-corrected chi connectivity index (χ1v) is 10.8. The van der Waals surface area contributed by atoms with E-state index in [4.69, 9.17) is 9.47 Å². The Hall–Kier alpha value is -4.07. The standard InChI is InChI=1S/C25H24N4O4/c1-16-20-12-27-29(14-23(30)26-11-19-8-9-21-22(10-19)33-15-32-21)25(31)24(20)17(2)28(16)13-18-6-4-3-5-7-18/h3-10,12H,11,13-15H2,1-2H3,(H,26,30). The maximum absolute atomic E-state index is 13.2. The summed E-state index contributed by atoms with van der Waals surface area (Å²) in [7, 11) is 0. The molecule has 0 unspecified atom stereocenters. The van der Waals surface area contributed by atoms with Crippen molar-refractivity contribution in [1.82, 2.24) is 19.7 Å². The van der Waals surface area contributed by atoms with E-state index in [0.29, 0.717) is 30.0 Å². The zero-order chi connectivity index (χ0) is 22.9.